The van der Waals surface area contributed by atoms with Gasteiger partial charge in [0.2, 0.25) is 5.16 Å². The van der Waals surface area contributed by atoms with Crippen molar-refractivity contribution in [3.05, 3.63) is 26.8 Å². The largest absolute Gasteiger partial charge is 0.480 e. The van der Waals surface area contributed by atoms with Gasteiger partial charge in [0.15, 0.2) is 5.13 Å². The highest BCUT2D eigenvalue weighted by atomic mass is 35.5. The summed E-state index contributed by atoms with van der Waals surface area (Å²) in [5, 5.41) is 33.3. The molecule has 1 fully saturated rings. The lowest BCUT2D eigenvalue weighted by Gasteiger charge is -2.49. The van der Waals surface area contributed by atoms with Gasteiger partial charge in [0.05, 0.1) is 11.3 Å². The zero-order valence-electron chi connectivity index (χ0n) is 17.6. The Morgan fingerprint density at radius 2 is 2.06 bits per heavy atom. The van der Waals surface area contributed by atoms with E-state index in [9.17, 15) is 24.3 Å². The Balaban J connectivity index is 1.49. The van der Waals surface area contributed by atoms with Crippen LogP contribution in [-0.2, 0) is 25.7 Å². The smallest absolute Gasteiger partial charge is 0.352 e. The molecular weight excluding hydrogens is 579 g/mol. The van der Waals surface area contributed by atoms with Crippen molar-refractivity contribution in [3.8, 4) is 0 Å². The predicted molar refractivity (Wildman–Crippen MR) is 131 cm³/mol. The van der Waals surface area contributed by atoms with Crippen LogP contribution in [0.1, 0.15) is 5.69 Å². The van der Waals surface area contributed by atoms with Crippen LogP contribution in [0.5, 0.6) is 0 Å². The van der Waals surface area contributed by atoms with Crippen molar-refractivity contribution in [2.24, 2.45) is 0 Å². The Hall–Kier alpha value is -2.86. The Morgan fingerprint density at radius 1 is 1.31 bits per heavy atom. The van der Waals surface area contributed by atoms with Crippen LogP contribution in [0.15, 0.2) is 26.3 Å². The van der Waals surface area contributed by atoms with Crippen molar-refractivity contribution in [1.82, 2.24) is 35.4 Å². The minimum absolute atomic E-state index is 0.0993. The van der Waals surface area contributed by atoms with Crippen molar-refractivity contribution < 1.29 is 29.4 Å². The van der Waals surface area contributed by atoms with Crippen LogP contribution in [-0.4, -0.2) is 87.0 Å². The number of carboxylic acid groups (broad SMARTS) is 2. The summed E-state index contributed by atoms with van der Waals surface area (Å²) in [6, 6.07) is -1.02. The van der Waals surface area contributed by atoms with Crippen molar-refractivity contribution in [3.63, 3.8) is 0 Å². The first-order valence-electron chi connectivity index (χ1n) is 9.66. The summed E-state index contributed by atoms with van der Waals surface area (Å²) < 4.78 is 0.698. The Bertz CT molecular complexity index is 1320. The van der Waals surface area contributed by atoms with E-state index >= 15 is 0 Å². The van der Waals surface area contributed by atoms with Gasteiger partial charge in [-0.05, 0) is 16.0 Å². The number of hydrogen-bond donors (Lipinski definition) is 4. The molecule has 0 radical (unpaired) electrons. The van der Waals surface area contributed by atoms with Gasteiger partial charge in [-0.2, -0.15) is 0 Å². The first-order valence-corrected chi connectivity index (χ1v) is 13.3. The number of nitrogens with zero attached hydrogens (tertiary/aromatic N) is 6. The summed E-state index contributed by atoms with van der Waals surface area (Å²) >= 11 is 15.1. The van der Waals surface area contributed by atoms with Crippen molar-refractivity contribution >= 4 is 92.5 Å². The lowest BCUT2D eigenvalue weighted by Crippen LogP contribution is -2.70. The third-order valence-corrected chi connectivity index (χ3v) is 8.32. The zero-order chi connectivity index (χ0) is 26.1. The summed E-state index contributed by atoms with van der Waals surface area (Å²) in [6.07, 6.45) is 0. The number of nitrogens with two attached hydrogens (primary N) is 1. The SMILES string of the molecule is Nc1nc(C(C(=O)NC2C(=O)N3C(C(=O)O)=C(CSc4nnnn4CC(=O)O)CS[C@H]23)=C(Cl)Cl)cs1. The maximum absolute atomic E-state index is 12.9. The molecule has 0 saturated carbocycles. The fourth-order valence-electron chi connectivity index (χ4n) is 3.39. The molecule has 36 heavy (non-hydrogen) atoms. The quantitative estimate of drug-likeness (QED) is 0.177. The number of nitrogen functional groups attached to an aromatic ring is 1. The molecule has 14 nitrogen and oxygen atoms in total. The zero-order valence-corrected chi connectivity index (χ0v) is 21.6. The first-order chi connectivity index (χ1) is 17.1. The number of anilines is 1. The maximum Gasteiger partial charge on any atom is 0.352 e. The number of carbonyl (C=O) groups excluding carboxylic acids is 2. The second-order valence-corrected chi connectivity index (χ2v) is 11.0. The van der Waals surface area contributed by atoms with E-state index in [1.807, 2.05) is 0 Å². The average Bonchev–Trinajstić information content (AvgIpc) is 3.43. The molecule has 4 rings (SSSR count). The summed E-state index contributed by atoms with van der Waals surface area (Å²) in [5.41, 5.74) is 5.79. The third-order valence-electron chi connectivity index (χ3n) is 4.89. The van der Waals surface area contributed by atoms with Gasteiger partial charge in [0.1, 0.15) is 28.1 Å². The van der Waals surface area contributed by atoms with Gasteiger partial charge < -0.3 is 21.3 Å². The van der Waals surface area contributed by atoms with Crippen LogP contribution in [0.3, 0.4) is 0 Å². The number of aromatic nitrogens is 5. The molecule has 0 spiro atoms. The van der Waals surface area contributed by atoms with Crippen LogP contribution in [0, 0.1) is 0 Å². The van der Waals surface area contributed by atoms with E-state index in [2.05, 4.69) is 25.8 Å². The molecule has 2 aromatic rings. The van der Waals surface area contributed by atoms with E-state index in [0.717, 1.165) is 32.7 Å². The number of aliphatic carboxylic acids is 2. The highest BCUT2D eigenvalue weighted by molar-refractivity contribution is 8.01. The van der Waals surface area contributed by atoms with Crippen LogP contribution in [0.2, 0.25) is 0 Å². The molecule has 2 aliphatic heterocycles. The van der Waals surface area contributed by atoms with Gasteiger partial charge in [-0.3, -0.25) is 19.3 Å². The number of β-lactam (4-membered cyclic amide) rings is 1. The Morgan fingerprint density at radius 3 is 2.67 bits per heavy atom. The molecule has 2 aliphatic rings. The van der Waals surface area contributed by atoms with Crippen LogP contribution in [0.4, 0.5) is 5.13 Å². The monoisotopic (exact) mass is 592 g/mol. The molecule has 0 aromatic carbocycles. The molecule has 5 N–H and O–H groups in total. The summed E-state index contributed by atoms with van der Waals surface area (Å²) in [7, 11) is 0. The number of nitrogens with one attached hydrogen (secondary N) is 1. The lowest BCUT2D eigenvalue weighted by atomic mass is 10.0. The molecule has 19 heteroatoms. The van der Waals surface area contributed by atoms with Crippen LogP contribution < -0.4 is 11.1 Å². The van der Waals surface area contributed by atoms with Crippen LogP contribution >= 0.6 is 58.1 Å². The molecular formula is C17H14Cl2N8O6S3. The second kappa shape index (κ2) is 10.6. The van der Waals surface area contributed by atoms with E-state index in [0.29, 0.717) is 5.57 Å². The number of carboxylic acids is 2. The molecule has 190 valence electrons. The van der Waals surface area contributed by atoms with Gasteiger partial charge in [0.25, 0.3) is 11.8 Å². The van der Waals surface area contributed by atoms with Crippen molar-refractivity contribution in [2.45, 2.75) is 23.1 Å². The summed E-state index contributed by atoms with van der Waals surface area (Å²) in [5.74, 6) is -3.51. The van der Waals surface area contributed by atoms with Gasteiger partial charge in [-0.15, -0.1) is 28.2 Å². The average molecular weight is 593 g/mol. The number of amides is 2. The molecule has 2 aromatic heterocycles. The fraction of sp³-hybridized carbons (Fsp3) is 0.294. The molecule has 2 atom stereocenters. The maximum atomic E-state index is 12.9. The Labute approximate surface area is 223 Å². The number of tetrazole rings is 1. The highest BCUT2D eigenvalue weighted by Gasteiger charge is 2.54. The van der Waals surface area contributed by atoms with Gasteiger partial charge in [-0.1, -0.05) is 35.0 Å². The number of hydrogen-bond acceptors (Lipinski definition) is 12. The summed E-state index contributed by atoms with van der Waals surface area (Å²) in [4.78, 5) is 53.8. The lowest BCUT2D eigenvalue weighted by molar-refractivity contribution is -0.150. The van der Waals surface area contributed by atoms with E-state index in [1.54, 1.807) is 0 Å². The number of thioether (sulfide) groups is 2. The predicted octanol–water partition coefficient (Wildman–Crippen LogP) is 0.473. The molecule has 0 aliphatic carbocycles. The normalized spacial score (nSPS) is 18.9. The van der Waals surface area contributed by atoms with Gasteiger partial charge >= 0.3 is 11.9 Å². The van der Waals surface area contributed by atoms with Gasteiger partial charge in [-0.25, -0.2) is 14.5 Å². The topological polar surface area (TPSA) is 207 Å². The molecule has 1 unspecified atom stereocenters. The van der Waals surface area contributed by atoms with Gasteiger partial charge in [0, 0.05) is 16.9 Å². The fourth-order valence-corrected chi connectivity index (χ4v) is 6.67. The number of rotatable bonds is 9. The van der Waals surface area contributed by atoms with E-state index in [-0.39, 0.29) is 43.2 Å². The van der Waals surface area contributed by atoms with Crippen molar-refractivity contribution in [1.29, 1.82) is 0 Å². The molecule has 0 bridgehead atoms. The third kappa shape index (κ3) is 5.15. The number of halogens is 2. The van der Waals surface area contributed by atoms with Crippen molar-refractivity contribution in [2.75, 3.05) is 17.2 Å². The molecule has 2 amide bonds. The first kappa shape index (κ1) is 26.2. The van der Waals surface area contributed by atoms with E-state index < -0.39 is 41.7 Å². The highest BCUT2D eigenvalue weighted by Crippen LogP contribution is 2.42. The second-order valence-electron chi connectivity index (χ2n) is 7.13. The minimum Gasteiger partial charge on any atom is -0.480 e. The van der Waals surface area contributed by atoms with E-state index in [1.165, 1.54) is 17.1 Å². The van der Waals surface area contributed by atoms with Crippen LogP contribution in [0.25, 0.3) is 5.57 Å². The molecule has 4 heterocycles. The number of carbonyl (C=O) groups is 4. The summed E-state index contributed by atoms with van der Waals surface area (Å²) in [6.45, 7) is -0.459. The standard InChI is InChI=1S/C17H14Cl2N8O6S3/c18-11(19)8(6-4-35-16(20)21-6)12(30)22-9-13(31)27-10(15(32)33)5(2-34-14(9)27)3-36-17-23-24-25-26(17)1-7(28)29/h4,9,14H,1-3H2,(H2,20,21)(H,22,30)(H,28,29)(H,32,33)/t9?,14-/m1/s1. The number of thiazole rings is 1. The minimum atomic E-state index is -1.32. The Kier molecular flexibility index (Phi) is 7.74. The number of fused-ring (bicyclic) bond motifs is 1. The van der Waals surface area contributed by atoms with E-state index in [4.69, 9.17) is 34.0 Å². The molecule has 1 saturated heterocycles.